The van der Waals surface area contributed by atoms with E-state index >= 15 is 0 Å². The van der Waals surface area contributed by atoms with Crippen molar-refractivity contribution < 1.29 is 14.3 Å². The molecular formula is C20H29N3O3S. The van der Waals surface area contributed by atoms with Crippen LogP contribution in [0, 0.1) is 16.7 Å². The minimum Gasteiger partial charge on any atom is -0.456 e. The fourth-order valence-electron chi connectivity index (χ4n) is 3.53. The van der Waals surface area contributed by atoms with Crippen molar-refractivity contribution in [3.8, 4) is 6.07 Å². The Morgan fingerprint density at radius 3 is 2.48 bits per heavy atom. The van der Waals surface area contributed by atoms with Gasteiger partial charge in [0.05, 0.1) is 12.0 Å². The summed E-state index contributed by atoms with van der Waals surface area (Å²) < 4.78 is 5.06. The largest absolute Gasteiger partial charge is 0.456 e. The molecule has 7 heteroatoms. The Balaban J connectivity index is 2.14. The van der Waals surface area contributed by atoms with Crippen LogP contribution in [0.5, 0.6) is 0 Å². The van der Waals surface area contributed by atoms with Crippen LogP contribution in [0.4, 0.5) is 5.00 Å². The maximum absolute atomic E-state index is 12.2. The molecule has 1 aromatic heterocycles. The lowest BCUT2D eigenvalue weighted by Crippen LogP contribution is -2.54. The van der Waals surface area contributed by atoms with Crippen LogP contribution >= 0.6 is 11.3 Å². The number of anilines is 1. The SMILES string of the molecule is CC(C)(C)CC(=O)OCC(=O)Nc1sc2c(c1C#N)CC(C)(C)NC2(C)C. The Morgan fingerprint density at radius 2 is 1.93 bits per heavy atom. The number of nitrogens with zero attached hydrogens (tertiary/aromatic N) is 1. The zero-order chi connectivity index (χ0) is 20.6. The molecule has 0 radical (unpaired) electrons. The molecule has 0 spiro atoms. The van der Waals surface area contributed by atoms with Crippen LogP contribution in [0.15, 0.2) is 0 Å². The number of amides is 1. The van der Waals surface area contributed by atoms with E-state index in [2.05, 4.69) is 44.4 Å². The molecule has 6 nitrogen and oxygen atoms in total. The van der Waals surface area contributed by atoms with Crippen molar-refractivity contribution in [3.63, 3.8) is 0 Å². The highest BCUT2D eigenvalue weighted by atomic mass is 32.1. The fourth-order valence-corrected chi connectivity index (χ4v) is 4.77. The number of rotatable bonds is 4. The highest BCUT2D eigenvalue weighted by Gasteiger charge is 2.40. The first-order valence-corrected chi connectivity index (χ1v) is 9.87. The lowest BCUT2D eigenvalue weighted by atomic mass is 9.81. The van der Waals surface area contributed by atoms with Gasteiger partial charge in [-0.15, -0.1) is 11.3 Å². The molecule has 1 aromatic rings. The van der Waals surface area contributed by atoms with Crippen LogP contribution in [0.1, 0.15) is 70.9 Å². The topological polar surface area (TPSA) is 91.2 Å². The molecule has 2 N–H and O–H groups in total. The number of fused-ring (bicyclic) bond motifs is 1. The summed E-state index contributed by atoms with van der Waals surface area (Å²) in [6, 6.07) is 2.24. The van der Waals surface area contributed by atoms with Crippen LogP contribution in [-0.2, 0) is 26.3 Å². The third-order valence-electron chi connectivity index (χ3n) is 4.25. The number of hydrogen-bond acceptors (Lipinski definition) is 6. The number of carbonyl (C=O) groups excluding carboxylic acids is 2. The number of esters is 1. The molecular weight excluding hydrogens is 362 g/mol. The lowest BCUT2D eigenvalue weighted by molar-refractivity contribution is -0.149. The molecule has 2 heterocycles. The third-order valence-corrected chi connectivity index (χ3v) is 5.72. The average Bonchev–Trinajstić information content (AvgIpc) is 2.79. The second-order valence-corrected chi connectivity index (χ2v) is 10.5. The van der Waals surface area contributed by atoms with Crippen molar-refractivity contribution in [3.05, 3.63) is 16.0 Å². The summed E-state index contributed by atoms with van der Waals surface area (Å²) in [4.78, 5) is 25.1. The van der Waals surface area contributed by atoms with E-state index in [0.717, 1.165) is 10.4 Å². The van der Waals surface area contributed by atoms with Crippen LogP contribution in [-0.4, -0.2) is 24.0 Å². The molecule has 148 valence electrons. The van der Waals surface area contributed by atoms with Crippen molar-refractivity contribution in [2.45, 2.75) is 72.4 Å². The van der Waals surface area contributed by atoms with Gasteiger partial charge in [-0.1, -0.05) is 20.8 Å². The summed E-state index contributed by atoms with van der Waals surface area (Å²) >= 11 is 1.41. The van der Waals surface area contributed by atoms with Crippen LogP contribution in [0.3, 0.4) is 0 Å². The predicted octanol–water partition coefficient (Wildman–Crippen LogP) is 3.70. The van der Waals surface area contributed by atoms with Crippen LogP contribution in [0.2, 0.25) is 0 Å². The number of ether oxygens (including phenoxy) is 1. The van der Waals surface area contributed by atoms with E-state index in [-0.39, 0.29) is 29.5 Å². The maximum Gasteiger partial charge on any atom is 0.306 e. The molecule has 1 amide bonds. The first-order chi connectivity index (χ1) is 12.2. The van der Waals surface area contributed by atoms with Gasteiger partial charge in [0, 0.05) is 16.0 Å². The van der Waals surface area contributed by atoms with E-state index in [0.29, 0.717) is 17.0 Å². The number of nitrogens with one attached hydrogen (secondary N) is 2. The molecule has 2 rings (SSSR count). The first kappa shape index (κ1) is 21.4. The normalized spacial score (nSPS) is 17.6. The highest BCUT2D eigenvalue weighted by Crippen LogP contribution is 2.44. The van der Waals surface area contributed by atoms with Gasteiger partial charge in [-0.05, 0) is 45.1 Å². The monoisotopic (exact) mass is 391 g/mol. The van der Waals surface area contributed by atoms with Gasteiger partial charge in [0.15, 0.2) is 6.61 Å². The smallest absolute Gasteiger partial charge is 0.306 e. The summed E-state index contributed by atoms with van der Waals surface area (Å²) in [7, 11) is 0. The van der Waals surface area contributed by atoms with Crippen molar-refractivity contribution >= 4 is 28.2 Å². The molecule has 1 aliphatic rings. The minimum absolute atomic E-state index is 0.146. The maximum atomic E-state index is 12.2. The van der Waals surface area contributed by atoms with E-state index in [4.69, 9.17) is 4.74 Å². The number of carbonyl (C=O) groups is 2. The molecule has 0 unspecified atom stereocenters. The first-order valence-electron chi connectivity index (χ1n) is 9.05. The molecule has 0 aromatic carbocycles. The van der Waals surface area contributed by atoms with E-state index in [1.807, 2.05) is 20.8 Å². The van der Waals surface area contributed by atoms with Crippen molar-refractivity contribution in [2.24, 2.45) is 5.41 Å². The van der Waals surface area contributed by atoms with Gasteiger partial charge in [0.25, 0.3) is 5.91 Å². The Kier molecular flexibility index (Phi) is 5.74. The van der Waals surface area contributed by atoms with Crippen LogP contribution in [0.25, 0.3) is 0 Å². The van der Waals surface area contributed by atoms with Gasteiger partial charge in [-0.3, -0.25) is 9.59 Å². The van der Waals surface area contributed by atoms with Crippen molar-refractivity contribution in [2.75, 3.05) is 11.9 Å². The van der Waals surface area contributed by atoms with Crippen LogP contribution < -0.4 is 10.6 Å². The van der Waals surface area contributed by atoms with Gasteiger partial charge in [0.2, 0.25) is 0 Å². The molecule has 0 atom stereocenters. The summed E-state index contributed by atoms with van der Waals surface area (Å²) in [5, 5.41) is 16.5. The predicted molar refractivity (Wildman–Crippen MR) is 107 cm³/mol. The standard InChI is InChI=1S/C20H29N3O3S/c1-18(2,3)9-15(25)26-11-14(24)22-17-13(10-21)12-8-19(4,5)23-20(6,7)16(12)27-17/h23H,8-9,11H2,1-7H3,(H,22,24). The number of hydrogen-bond donors (Lipinski definition) is 2. The van der Waals surface area contributed by atoms with E-state index in [1.54, 1.807) is 0 Å². The molecule has 27 heavy (non-hydrogen) atoms. The molecule has 0 saturated carbocycles. The molecule has 1 aliphatic heterocycles. The minimum atomic E-state index is -0.433. The zero-order valence-corrected chi connectivity index (χ0v) is 18.0. The summed E-state index contributed by atoms with van der Waals surface area (Å²) in [5.74, 6) is -0.840. The van der Waals surface area contributed by atoms with E-state index < -0.39 is 11.9 Å². The third kappa shape index (κ3) is 5.30. The van der Waals surface area contributed by atoms with Gasteiger partial charge < -0.3 is 15.4 Å². The van der Waals surface area contributed by atoms with Gasteiger partial charge in [0.1, 0.15) is 11.1 Å². The summed E-state index contributed by atoms with van der Waals surface area (Å²) in [6.45, 7) is 13.8. The molecule has 0 fully saturated rings. The Bertz CT molecular complexity index is 795. The molecule has 0 saturated heterocycles. The quantitative estimate of drug-likeness (QED) is 0.764. The second-order valence-electron chi connectivity index (χ2n) is 9.48. The van der Waals surface area contributed by atoms with E-state index in [1.165, 1.54) is 11.3 Å². The Labute approximate surface area is 165 Å². The summed E-state index contributed by atoms with van der Waals surface area (Å²) in [6.07, 6.45) is 0.952. The molecule has 0 aliphatic carbocycles. The van der Waals surface area contributed by atoms with Crippen molar-refractivity contribution in [1.82, 2.24) is 5.32 Å². The van der Waals surface area contributed by atoms with Gasteiger partial charge >= 0.3 is 5.97 Å². The molecule has 0 bridgehead atoms. The average molecular weight is 392 g/mol. The number of thiophene rings is 1. The second kappa shape index (κ2) is 7.25. The summed E-state index contributed by atoms with van der Waals surface area (Å²) in [5.41, 5.74) is 0.852. The highest BCUT2D eigenvalue weighted by molar-refractivity contribution is 7.17. The Morgan fingerprint density at radius 1 is 1.30 bits per heavy atom. The van der Waals surface area contributed by atoms with Gasteiger partial charge in [-0.25, -0.2) is 0 Å². The van der Waals surface area contributed by atoms with Gasteiger partial charge in [-0.2, -0.15) is 5.26 Å². The zero-order valence-electron chi connectivity index (χ0n) is 17.2. The van der Waals surface area contributed by atoms with Crippen molar-refractivity contribution in [1.29, 1.82) is 5.26 Å². The van der Waals surface area contributed by atoms with E-state index in [9.17, 15) is 14.9 Å². The number of nitriles is 1. The Hall–Kier alpha value is -1.91. The lowest BCUT2D eigenvalue weighted by Gasteiger charge is -2.42. The fraction of sp³-hybridized carbons (Fsp3) is 0.650.